The zero-order valence-electron chi connectivity index (χ0n) is 20.0. The highest BCUT2D eigenvalue weighted by Gasteiger charge is 2.64. The minimum atomic E-state index is -0.332. The summed E-state index contributed by atoms with van der Waals surface area (Å²) in [5, 5.41) is 22.3. The van der Waals surface area contributed by atoms with Crippen molar-refractivity contribution in [2.45, 2.75) is 58.8 Å². The molecule has 1 saturated heterocycles. The number of nitrogens with zero attached hydrogens (tertiary/aromatic N) is 3. The lowest BCUT2D eigenvalue weighted by Gasteiger charge is -2.63. The molecule has 1 aliphatic heterocycles. The highest BCUT2D eigenvalue weighted by molar-refractivity contribution is 6.31. The summed E-state index contributed by atoms with van der Waals surface area (Å²) < 4.78 is 6.29. The summed E-state index contributed by atoms with van der Waals surface area (Å²) in [6.45, 7) is 9.82. The van der Waals surface area contributed by atoms with Crippen molar-refractivity contribution in [2.75, 3.05) is 18.0 Å². The zero-order valence-corrected chi connectivity index (χ0v) is 20.8. The van der Waals surface area contributed by atoms with E-state index in [4.69, 9.17) is 21.6 Å². The van der Waals surface area contributed by atoms with E-state index in [0.717, 1.165) is 31.7 Å². The number of nitrogens with one attached hydrogen (secondary N) is 1. The molecule has 180 valence electrons. The predicted molar refractivity (Wildman–Crippen MR) is 131 cm³/mol. The van der Waals surface area contributed by atoms with E-state index in [0.29, 0.717) is 21.9 Å². The van der Waals surface area contributed by atoms with E-state index in [2.05, 4.69) is 49.0 Å². The van der Waals surface area contributed by atoms with Crippen LogP contribution in [-0.4, -0.2) is 47.3 Å². The Bertz CT molecular complexity index is 1090. The summed E-state index contributed by atoms with van der Waals surface area (Å²) in [4.78, 5) is 19.7. The quantitative estimate of drug-likeness (QED) is 0.663. The molecule has 1 saturated carbocycles. The highest BCUT2D eigenvalue weighted by atomic mass is 35.5. The molecule has 0 radical (unpaired) electrons. The van der Waals surface area contributed by atoms with Crippen molar-refractivity contribution >= 4 is 23.3 Å². The van der Waals surface area contributed by atoms with Crippen LogP contribution in [0.4, 0.5) is 5.82 Å². The number of carbonyl (C=O) groups is 1. The molecular formula is C26H31ClN4O3. The Hall–Kier alpha value is -2.82. The Morgan fingerprint density at radius 3 is 2.44 bits per heavy atom. The topological polar surface area (TPSA) is 98.5 Å². The van der Waals surface area contributed by atoms with Gasteiger partial charge >= 0.3 is 0 Å². The van der Waals surface area contributed by atoms with Crippen molar-refractivity contribution in [3.8, 4) is 11.8 Å². The number of piperidine rings is 1. The van der Waals surface area contributed by atoms with E-state index in [1.807, 2.05) is 6.07 Å². The maximum absolute atomic E-state index is 13.0. The third-order valence-electron chi connectivity index (χ3n) is 7.23. The number of hydrogen-bond donors (Lipinski definition) is 2. The van der Waals surface area contributed by atoms with Crippen LogP contribution in [0, 0.1) is 22.2 Å². The summed E-state index contributed by atoms with van der Waals surface area (Å²) in [7, 11) is 0. The van der Waals surface area contributed by atoms with Gasteiger partial charge in [-0.2, -0.15) is 5.26 Å². The molecule has 4 rings (SSSR count). The monoisotopic (exact) mass is 482 g/mol. The van der Waals surface area contributed by atoms with E-state index < -0.39 is 0 Å². The van der Waals surface area contributed by atoms with Gasteiger partial charge in [-0.15, -0.1) is 0 Å². The van der Waals surface area contributed by atoms with Crippen LogP contribution in [-0.2, 0) is 0 Å². The van der Waals surface area contributed by atoms with Crippen molar-refractivity contribution in [2.24, 2.45) is 10.8 Å². The molecule has 0 spiro atoms. The number of halogens is 1. The minimum absolute atomic E-state index is 0.116. The fraction of sp³-hybridized carbons (Fsp3) is 0.500. The van der Waals surface area contributed by atoms with E-state index in [-0.39, 0.29) is 35.0 Å². The van der Waals surface area contributed by atoms with Crippen molar-refractivity contribution in [3.05, 3.63) is 52.7 Å². The highest BCUT2D eigenvalue weighted by Crippen LogP contribution is 2.55. The van der Waals surface area contributed by atoms with E-state index >= 15 is 0 Å². The lowest BCUT2D eigenvalue weighted by Crippen LogP contribution is -2.74. The first-order valence-corrected chi connectivity index (χ1v) is 12.0. The van der Waals surface area contributed by atoms with Gasteiger partial charge in [-0.25, -0.2) is 4.98 Å². The van der Waals surface area contributed by atoms with Crippen molar-refractivity contribution in [1.29, 1.82) is 5.26 Å². The second-order valence-corrected chi connectivity index (χ2v) is 10.8. The molecule has 1 aliphatic carbocycles. The van der Waals surface area contributed by atoms with Gasteiger partial charge in [-0.05, 0) is 37.1 Å². The van der Waals surface area contributed by atoms with E-state index in [1.165, 1.54) is 0 Å². The Balaban J connectivity index is 1.42. The van der Waals surface area contributed by atoms with Gasteiger partial charge in [0.2, 0.25) is 0 Å². The average molecular weight is 483 g/mol. The molecule has 1 amide bonds. The summed E-state index contributed by atoms with van der Waals surface area (Å²) in [6.07, 6.45) is 2.67. The lowest BCUT2D eigenvalue weighted by molar-refractivity contribution is -0.164. The first-order valence-electron chi connectivity index (χ1n) is 11.6. The minimum Gasteiger partial charge on any atom is -0.489 e. The van der Waals surface area contributed by atoms with Gasteiger partial charge in [0.1, 0.15) is 23.7 Å². The molecule has 2 heterocycles. The molecule has 1 aromatic carbocycles. The van der Waals surface area contributed by atoms with Crippen LogP contribution < -0.4 is 15.0 Å². The Morgan fingerprint density at radius 2 is 1.88 bits per heavy atom. The molecule has 1 aromatic heterocycles. The second kappa shape index (κ2) is 9.09. The molecule has 2 fully saturated rings. The molecular weight excluding hydrogens is 452 g/mol. The van der Waals surface area contributed by atoms with Gasteiger partial charge < -0.3 is 20.1 Å². The zero-order chi connectivity index (χ0) is 24.7. The van der Waals surface area contributed by atoms with Crippen LogP contribution in [0.3, 0.4) is 0 Å². The largest absolute Gasteiger partial charge is 0.489 e. The number of amides is 1. The van der Waals surface area contributed by atoms with Crippen LogP contribution in [0.5, 0.6) is 5.75 Å². The molecule has 0 atom stereocenters. The predicted octanol–water partition coefficient (Wildman–Crippen LogP) is 4.18. The van der Waals surface area contributed by atoms with Crippen LogP contribution in [0.25, 0.3) is 0 Å². The van der Waals surface area contributed by atoms with Gasteiger partial charge in [-0.3, -0.25) is 4.79 Å². The number of pyridine rings is 1. The Kier molecular flexibility index (Phi) is 6.50. The lowest BCUT2D eigenvalue weighted by atomic mass is 9.49. The smallest absolute Gasteiger partial charge is 0.253 e. The van der Waals surface area contributed by atoms with Crippen LogP contribution >= 0.6 is 11.6 Å². The fourth-order valence-electron chi connectivity index (χ4n) is 5.61. The van der Waals surface area contributed by atoms with Crippen molar-refractivity contribution < 1.29 is 14.6 Å². The molecule has 34 heavy (non-hydrogen) atoms. The molecule has 2 N–H and O–H groups in total. The number of benzene rings is 1. The van der Waals surface area contributed by atoms with Gasteiger partial charge in [0, 0.05) is 42.2 Å². The number of aliphatic hydroxyl groups is 1. The van der Waals surface area contributed by atoms with Gasteiger partial charge in [0.05, 0.1) is 22.3 Å². The summed E-state index contributed by atoms with van der Waals surface area (Å²) >= 11 is 6.17. The number of carbonyl (C=O) groups excluding carboxylic acids is 1. The number of nitriles is 1. The first-order chi connectivity index (χ1) is 16.0. The number of anilines is 1. The standard InChI is InChI=1S/C26H31ClN4O3/c1-25(2)23(26(3,4)24(25)34-19-7-5-16(14-28)20(27)13-19)30-22(33)17-6-8-21(29-15-17)31-11-9-18(32)10-12-31/h5-8,13,15,18,23-24,32H,9-12H2,1-4H3,(H,30,33)/t23-,24-. The third kappa shape index (κ3) is 4.45. The van der Waals surface area contributed by atoms with Crippen LogP contribution in [0.2, 0.25) is 5.02 Å². The number of aromatic nitrogens is 1. The molecule has 7 nitrogen and oxygen atoms in total. The summed E-state index contributed by atoms with van der Waals surface area (Å²) in [5.74, 6) is 1.26. The van der Waals surface area contributed by atoms with Gasteiger partial charge in [0.25, 0.3) is 5.91 Å². The molecule has 0 unspecified atom stereocenters. The maximum Gasteiger partial charge on any atom is 0.253 e. The molecule has 0 bridgehead atoms. The first kappa shape index (κ1) is 24.3. The molecule has 2 aliphatic rings. The normalized spacial score (nSPS) is 23.5. The number of ether oxygens (including phenoxy) is 1. The van der Waals surface area contributed by atoms with Crippen molar-refractivity contribution in [1.82, 2.24) is 10.3 Å². The van der Waals surface area contributed by atoms with Gasteiger partial charge in [0.15, 0.2) is 0 Å². The number of rotatable bonds is 5. The van der Waals surface area contributed by atoms with E-state index in [1.54, 1.807) is 30.5 Å². The maximum atomic E-state index is 13.0. The Morgan fingerprint density at radius 1 is 1.21 bits per heavy atom. The fourth-order valence-corrected chi connectivity index (χ4v) is 5.83. The van der Waals surface area contributed by atoms with Crippen LogP contribution in [0.1, 0.15) is 56.5 Å². The summed E-state index contributed by atoms with van der Waals surface area (Å²) in [5.41, 5.74) is 0.253. The van der Waals surface area contributed by atoms with Gasteiger partial charge in [-0.1, -0.05) is 39.3 Å². The number of aliphatic hydroxyl groups excluding tert-OH is 1. The SMILES string of the molecule is CC1(C)[C@H](NC(=O)c2ccc(N3CCC(O)CC3)nc2)C(C)(C)[C@H]1Oc1ccc(C#N)c(Cl)c1. The second-order valence-electron chi connectivity index (χ2n) is 10.4. The van der Waals surface area contributed by atoms with E-state index in [9.17, 15) is 9.90 Å². The number of hydrogen-bond acceptors (Lipinski definition) is 6. The molecule has 2 aromatic rings. The van der Waals surface area contributed by atoms with Crippen LogP contribution in [0.15, 0.2) is 36.5 Å². The average Bonchev–Trinajstić information content (AvgIpc) is 2.81. The Labute approximate surface area is 205 Å². The van der Waals surface area contributed by atoms with Crippen molar-refractivity contribution in [3.63, 3.8) is 0 Å². The molecule has 8 heteroatoms. The third-order valence-corrected chi connectivity index (χ3v) is 7.54. The summed E-state index contributed by atoms with van der Waals surface area (Å²) in [6, 6.07) is 10.7.